The van der Waals surface area contributed by atoms with Gasteiger partial charge in [0.2, 0.25) is 0 Å². The van der Waals surface area contributed by atoms with E-state index in [1.54, 1.807) is 0 Å². The van der Waals surface area contributed by atoms with Crippen LogP contribution in [0.3, 0.4) is 0 Å². The predicted octanol–water partition coefficient (Wildman–Crippen LogP) is 1.82. The Hall–Kier alpha value is -0.0800. The number of hydrogen-bond donors (Lipinski definition) is 1. The highest BCUT2D eigenvalue weighted by atomic mass is 16.5. The fourth-order valence-corrected chi connectivity index (χ4v) is 1.94. The van der Waals surface area contributed by atoms with Gasteiger partial charge in [-0.2, -0.15) is 0 Å². The molecule has 1 rings (SSSR count). The van der Waals surface area contributed by atoms with Crippen LogP contribution >= 0.6 is 0 Å². The summed E-state index contributed by atoms with van der Waals surface area (Å²) in [6, 6.07) is 0. The van der Waals surface area contributed by atoms with Crippen LogP contribution in [0.4, 0.5) is 0 Å². The topological polar surface area (TPSA) is 29.5 Å². The van der Waals surface area contributed by atoms with Crippen molar-refractivity contribution in [1.82, 2.24) is 0 Å². The lowest BCUT2D eigenvalue weighted by Crippen LogP contribution is -2.35. The van der Waals surface area contributed by atoms with E-state index in [0.717, 1.165) is 13.0 Å². The van der Waals surface area contributed by atoms with Gasteiger partial charge in [0, 0.05) is 6.61 Å². The summed E-state index contributed by atoms with van der Waals surface area (Å²) in [6.45, 7) is 9.79. The Morgan fingerprint density at radius 1 is 1.42 bits per heavy atom. The molecule has 0 saturated carbocycles. The third-order valence-electron chi connectivity index (χ3n) is 3.47. The summed E-state index contributed by atoms with van der Waals surface area (Å²) in [6.07, 6.45) is 0.748. The van der Waals surface area contributed by atoms with E-state index >= 15 is 0 Å². The lowest BCUT2D eigenvalue weighted by molar-refractivity contribution is -0.0196. The van der Waals surface area contributed by atoms with Crippen LogP contribution in [0.25, 0.3) is 0 Å². The molecule has 0 radical (unpaired) electrons. The summed E-state index contributed by atoms with van der Waals surface area (Å²) in [5.41, 5.74) is 0.141. The second kappa shape index (κ2) is 3.00. The third kappa shape index (κ3) is 1.50. The van der Waals surface area contributed by atoms with Gasteiger partial charge in [-0.3, -0.25) is 0 Å². The van der Waals surface area contributed by atoms with E-state index in [2.05, 4.69) is 27.7 Å². The monoisotopic (exact) mass is 172 g/mol. The molecule has 0 spiro atoms. The van der Waals surface area contributed by atoms with Crippen molar-refractivity contribution in [2.75, 3.05) is 13.2 Å². The Balaban J connectivity index is 2.71. The molecule has 2 atom stereocenters. The minimum absolute atomic E-state index is 0.113. The Bertz CT molecular complexity index is 165. The molecule has 72 valence electrons. The Kier molecular flexibility index (Phi) is 2.50. The maximum Gasteiger partial charge on any atom is 0.0707 e. The van der Waals surface area contributed by atoms with Gasteiger partial charge in [0.1, 0.15) is 0 Å². The number of rotatable bonds is 2. The standard InChI is InChI=1S/C10H20O2/c1-8-9(2,3)7-12-10(8,4)5-6-11/h8,11H,5-7H2,1-4H3. The van der Waals surface area contributed by atoms with Crippen LogP contribution in [0.1, 0.15) is 34.1 Å². The second-order valence-electron chi connectivity index (χ2n) is 4.79. The first kappa shape index (κ1) is 10.0. The molecule has 0 aromatic rings. The van der Waals surface area contributed by atoms with E-state index < -0.39 is 0 Å². The summed E-state index contributed by atoms with van der Waals surface area (Å²) in [7, 11) is 0. The zero-order valence-electron chi connectivity index (χ0n) is 8.55. The molecule has 1 aliphatic heterocycles. The molecule has 0 amide bonds. The fraction of sp³-hybridized carbons (Fsp3) is 1.00. The predicted molar refractivity (Wildman–Crippen MR) is 49.0 cm³/mol. The van der Waals surface area contributed by atoms with Crippen molar-refractivity contribution in [2.45, 2.75) is 39.7 Å². The van der Waals surface area contributed by atoms with Crippen LogP contribution in [-0.4, -0.2) is 23.9 Å². The quantitative estimate of drug-likeness (QED) is 0.688. The maximum atomic E-state index is 8.90. The molecule has 1 N–H and O–H groups in total. The minimum atomic E-state index is -0.113. The number of aliphatic hydroxyl groups excluding tert-OH is 1. The summed E-state index contributed by atoms with van der Waals surface area (Å²) in [4.78, 5) is 0. The Morgan fingerprint density at radius 2 is 2.00 bits per heavy atom. The van der Waals surface area contributed by atoms with Crippen molar-refractivity contribution < 1.29 is 9.84 Å². The average molecular weight is 172 g/mol. The van der Waals surface area contributed by atoms with Crippen molar-refractivity contribution in [3.05, 3.63) is 0 Å². The maximum absolute atomic E-state index is 8.90. The normalized spacial score (nSPS) is 40.2. The molecule has 0 aromatic heterocycles. The van der Waals surface area contributed by atoms with Crippen LogP contribution in [0.5, 0.6) is 0 Å². The summed E-state index contributed by atoms with van der Waals surface area (Å²) in [5, 5.41) is 8.90. The van der Waals surface area contributed by atoms with Gasteiger partial charge in [-0.15, -0.1) is 0 Å². The van der Waals surface area contributed by atoms with E-state index in [-0.39, 0.29) is 17.6 Å². The highest BCUT2D eigenvalue weighted by Gasteiger charge is 2.47. The average Bonchev–Trinajstić information content (AvgIpc) is 2.17. The van der Waals surface area contributed by atoms with E-state index in [9.17, 15) is 0 Å². The summed E-state index contributed by atoms with van der Waals surface area (Å²) in [5.74, 6) is 0.511. The van der Waals surface area contributed by atoms with E-state index in [1.165, 1.54) is 0 Å². The molecular weight excluding hydrogens is 152 g/mol. The molecule has 1 fully saturated rings. The molecule has 0 aromatic carbocycles. The molecule has 1 saturated heterocycles. The van der Waals surface area contributed by atoms with E-state index in [1.807, 2.05) is 0 Å². The smallest absolute Gasteiger partial charge is 0.0707 e. The molecule has 2 nitrogen and oxygen atoms in total. The highest BCUT2D eigenvalue weighted by molar-refractivity contribution is 4.95. The third-order valence-corrected chi connectivity index (χ3v) is 3.47. The molecular formula is C10H20O2. The van der Waals surface area contributed by atoms with E-state index in [4.69, 9.17) is 9.84 Å². The van der Waals surface area contributed by atoms with Gasteiger partial charge in [-0.25, -0.2) is 0 Å². The van der Waals surface area contributed by atoms with Gasteiger partial charge in [0.05, 0.1) is 12.2 Å². The number of hydrogen-bond acceptors (Lipinski definition) is 2. The minimum Gasteiger partial charge on any atom is -0.396 e. The summed E-state index contributed by atoms with van der Waals surface area (Å²) < 4.78 is 5.75. The first-order valence-electron chi connectivity index (χ1n) is 4.67. The highest BCUT2D eigenvalue weighted by Crippen LogP contribution is 2.45. The van der Waals surface area contributed by atoms with Gasteiger partial charge in [-0.1, -0.05) is 20.8 Å². The Labute approximate surface area is 74.9 Å². The van der Waals surface area contributed by atoms with Crippen molar-refractivity contribution in [1.29, 1.82) is 0 Å². The van der Waals surface area contributed by atoms with Crippen LogP contribution in [0, 0.1) is 11.3 Å². The number of aliphatic hydroxyl groups is 1. The fourth-order valence-electron chi connectivity index (χ4n) is 1.94. The Morgan fingerprint density at radius 3 is 2.33 bits per heavy atom. The van der Waals surface area contributed by atoms with Crippen molar-refractivity contribution in [2.24, 2.45) is 11.3 Å². The first-order valence-corrected chi connectivity index (χ1v) is 4.67. The van der Waals surface area contributed by atoms with Crippen molar-refractivity contribution in [3.8, 4) is 0 Å². The molecule has 0 aliphatic carbocycles. The molecule has 12 heavy (non-hydrogen) atoms. The van der Waals surface area contributed by atoms with Gasteiger partial charge >= 0.3 is 0 Å². The zero-order valence-corrected chi connectivity index (χ0v) is 8.55. The van der Waals surface area contributed by atoms with E-state index in [0.29, 0.717) is 5.92 Å². The van der Waals surface area contributed by atoms with Gasteiger partial charge in [0.15, 0.2) is 0 Å². The van der Waals surface area contributed by atoms with Crippen molar-refractivity contribution >= 4 is 0 Å². The van der Waals surface area contributed by atoms with Crippen LogP contribution in [-0.2, 0) is 4.74 Å². The molecule has 2 unspecified atom stereocenters. The van der Waals surface area contributed by atoms with Crippen LogP contribution < -0.4 is 0 Å². The molecule has 0 bridgehead atoms. The molecule has 1 aliphatic rings. The zero-order chi connectivity index (χ0) is 9.41. The second-order valence-corrected chi connectivity index (χ2v) is 4.79. The lowest BCUT2D eigenvalue weighted by atomic mass is 9.73. The largest absolute Gasteiger partial charge is 0.396 e. The van der Waals surface area contributed by atoms with Gasteiger partial charge < -0.3 is 9.84 Å². The SMILES string of the molecule is CC1C(C)(C)COC1(C)CCO. The van der Waals surface area contributed by atoms with Gasteiger partial charge in [-0.05, 0) is 24.7 Å². The lowest BCUT2D eigenvalue weighted by Gasteiger charge is -2.32. The van der Waals surface area contributed by atoms with Gasteiger partial charge in [0.25, 0.3) is 0 Å². The molecule has 1 heterocycles. The molecule has 2 heteroatoms. The van der Waals surface area contributed by atoms with Crippen LogP contribution in [0.15, 0.2) is 0 Å². The summed E-state index contributed by atoms with van der Waals surface area (Å²) >= 11 is 0. The van der Waals surface area contributed by atoms with Crippen molar-refractivity contribution in [3.63, 3.8) is 0 Å². The van der Waals surface area contributed by atoms with Crippen LogP contribution in [0.2, 0.25) is 0 Å². The first-order chi connectivity index (χ1) is 5.42. The number of ether oxygens (including phenoxy) is 1.